The summed E-state index contributed by atoms with van der Waals surface area (Å²) in [6.45, 7) is 10.9. The number of aromatic nitrogens is 2. The van der Waals surface area contributed by atoms with E-state index in [2.05, 4.69) is 51.0 Å². The third kappa shape index (κ3) is 6.96. The summed E-state index contributed by atoms with van der Waals surface area (Å²) in [4.78, 5) is 25.4. The Kier molecular flexibility index (Phi) is 8.92. The SMILES string of the molecule is C=C(C=CC(=CC)CN1CC(=O)Nc2c(N)nc(OCCOC)nc21)c1ccc(CN2CCCC2)cc1. The quantitative estimate of drug-likeness (QED) is 0.353. The fraction of sp³-hybridized carbons (Fsp3) is 0.393. The van der Waals surface area contributed by atoms with E-state index in [9.17, 15) is 4.79 Å². The van der Waals surface area contributed by atoms with Gasteiger partial charge in [-0.15, -0.1) is 0 Å². The Labute approximate surface area is 218 Å². The van der Waals surface area contributed by atoms with E-state index in [1.807, 2.05) is 30.1 Å². The van der Waals surface area contributed by atoms with E-state index in [1.54, 1.807) is 7.11 Å². The molecule has 1 amide bonds. The molecule has 0 aliphatic carbocycles. The number of methoxy groups -OCH3 is 1. The summed E-state index contributed by atoms with van der Waals surface area (Å²) in [6, 6.07) is 8.77. The van der Waals surface area contributed by atoms with Crippen LogP contribution in [0.25, 0.3) is 5.57 Å². The highest BCUT2D eigenvalue weighted by molar-refractivity contribution is 6.03. The van der Waals surface area contributed by atoms with Crippen molar-refractivity contribution in [1.82, 2.24) is 14.9 Å². The fourth-order valence-corrected chi connectivity index (χ4v) is 4.42. The van der Waals surface area contributed by atoms with Crippen LogP contribution in [-0.4, -0.2) is 67.3 Å². The van der Waals surface area contributed by atoms with Gasteiger partial charge in [-0.05, 0) is 55.1 Å². The van der Waals surface area contributed by atoms with E-state index in [0.29, 0.717) is 31.3 Å². The Bertz CT molecular complexity index is 1170. The Morgan fingerprint density at radius 3 is 2.62 bits per heavy atom. The molecule has 0 saturated carbocycles. The van der Waals surface area contributed by atoms with E-state index in [0.717, 1.165) is 23.3 Å². The third-order valence-corrected chi connectivity index (χ3v) is 6.49. The first-order valence-electron chi connectivity index (χ1n) is 12.6. The van der Waals surface area contributed by atoms with Crippen molar-refractivity contribution in [2.75, 3.05) is 62.5 Å². The molecule has 0 radical (unpaired) electrons. The summed E-state index contributed by atoms with van der Waals surface area (Å²) >= 11 is 0. The number of likely N-dealkylation sites (tertiary alicyclic amines) is 1. The first kappa shape index (κ1) is 26.4. The minimum atomic E-state index is -0.172. The summed E-state index contributed by atoms with van der Waals surface area (Å²) in [5.74, 6) is 0.517. The zero-order valence-electron chi connectivity index (χ0n) is 21.7. The highest BCUT2D eigenvalue weighted by Crippen LogP contribution is 2.34. The number of nitrogen functional groups attached to an aromatic ring is 1. The number of amides is 1. The molecule has 37 heavy (non-hydrogen) atoms. The van der Waals surface area contributed by atoms with Crippen molar-refractivity contribution in [3.05, 3.63) is 65.8 Å². The molecular formula is C28H36N6O3. The summed E-state index contributed by atoms with van der Waals surface area (Å²) < 4.78 is 10.6. The number of ether oxygens (including phenoxy) is 2. The number of hydrogen-bond donors (Lipinski definition) is 2. The van der Waals surface area contributed by atoms with Gasteiger partial charge < -0.3 is 25.4 Å². The lowest BCUT2D eigenvalue weighted by Crippen LogP contribution is -2.40. The maximum absolute atomic E-state index is 12.4. The predicted octanol–water partition coefficient (Wildman–Crippen LogP) is 3.65. The molecule has 0 bridgehead atoms. The second kappa shape index (κ2) is 12.5. The molecule has 1 fully saturated rings. The molecule has 4 rings (SSSR count). The lowest BCUT2D eigenvalue weighted by atomic mass is 10.0. The van der Waals surface area contributed by atoms with Crippen LogP contribution in [-0.2, 0) is 16.1 Å². The molecule has 0 unspecified atom stereocenters. The number of rotatable bonds is 11. The summed E-state index contributed by atoms with van der Waals surface area (Å²) in [7, 11) is 1.59. The molecule has 3 N–H and O–H groups in total. The average Bonchev–Trinajstić information content (AvgIpc) is 3.40. The number of nitrogens with zero attached hydrogens (tertiary/aromatic N) is 4. The van der Waals surface area contributed by atoms with E-state index in [4.69, 9.17) is 15.2 Å². The molecule has 2 aromatic rings. The molecule has 1 saturated heterocycles. The van der Waals surface area contributed by atoms with Crippen LogP contribution in [0, 0.1) is 0 Å². The monoisotopic (exact) mass is 504 g/mol. The molecule has 9 nitrogen and oxygen atoms in total. The second-order valence-corrected chi connectivity index (χ2v) is 9.24. The van der Waals surface area contributed by atoms with Crippen molar-refractivity contribution in [2.45, 2.75) is 26.3 Å². The highest BCUT2D eigenvalue weighted by atomic mass is 16.5. The van der Waals surface area contributed by atoms with Gasteiger partial charge in [0.1, 0.15) is 12.3 Å². The van der Waals surface area contributed by atoms with Gasteiger partial charge in [0.2, 0.25) is 5.91 Å². The number of hydrogen-bond acceptors (Lipinski definition) is 8. The standard InChI is InChI=1S/C28H36N6O3/c1-4-21(8-7-20(2)23-11-9-22(10-12-23)17-33-13-5-6-14-33)18-34-19-24(35)30-25-26(29)31-28(32-27(25)34)37-16-15-36-3/h4,7-12H,2,5-6,13-19H2,1,3H3,(H,30,35)(H2,29,31,32). The van der Waals surface area contributed by atoms with Crippen LogP contribution < -0.4 is 20.7 Å². The molecule has 9 heteroatoms. The Morgan fingerprint density at radius 2 is 1.92 bits per heavy atom. The lowest BCUT2D eigenvalue weighted by Gasteiger charge is -2.30. The smallest absolute Gasteiger partial charge is 0.320 e. The van der Waals surface area contributed by atoms with Crippen molar-refractivity contribution in [2.24, 2.45) is 0 Å². The number of allylic oxidation sites excluding steroid dienone is 3. The van der Waals surface area contributed by atoms with Gasteiger partial charge >= 0.3 is 6.01 Å². The molecule has 0 spiro atoms. The molecule has 196 valence electrons. The van der Waals surface area contributed by atoms with Gasteiger partial charge in [0.05, 0.1) is 13.2 Å². The van der Waals surface area contributed by atoms with Crippen molar-refractivity contribution >= 4 is 28.8 Å². The average molecular weight is 505 g/mol. The first-order valence-corrected chi connectivity index (χ1v) is 12.6. The summed E-state index contributed by atoms with van der Waals surface area (Å²) in [6.07, 6.45) is 8.63. The Hall–Kier alpha value is -3.69. The number of fused-ring (bicyclic) bond motifs is 1. The normalized spacial score (nSPS) is 16.2. The van der Waals surface area contributed by atoms with Gasteiger partial charge in [0, 0.05) is 20.2 Å². The van der Waals surface area contributed by atoms with Crippen molar-refractivity contribution in [1.29, 1.82) is 0 Å². The van der Waals surface area contributed by atoms with Crippen LogP contribution in [0.5, 0.6) is 6.01 Å². The summed E-state index contributed by atoms with van der Waals surface area (Å²) in [5.41, 5.74) is 10.8. The molecule has 0 atom stereocenters. The van der Waals surface area contributed by atoms with Gasteiger partial charge in [0.15, 0.2) is 11.6 Å². The number of carbonyl (C=O) groups is 1. The minimum absolute atomic E-state index is 0.144. The van der Waals surface area contributed by atoms with E-state index < -0.39 is 0 Å². The van der Waals surface area contributed by atoms with Gasteiger partial charge in [-0.1, -0.05) is 49.1 Å². The Morgan fingerprint density at radius 1 is 1.16 bits per heavy atom. The van der Waals surface area contributed by atoms with Crippen LogP contribution in [0.1, 0.15) is 30.9 Å². The van der Waals surface area contributed by atoms with Crippen LogP contribution in [0.3, 0.4) is 0 Å². The topological polar surface area (TPSA) is 106 Å². The maximum atomic E-state index is 12.4. The zero-order valence-corrected chi connectivity index (χ0v) is 21.7. The minimum Gasteiger partial charge on any atom is -0.461 e. The van der Waals surface area contributed by atoms with Gasteiger partial charge in [-0.3, -0.25) is 9.69 Å². The second-order valence-electron chi connectivity index (χ2n) is 9.24. The van der Waals surface area contributed by atoms with Crippen LogP contribution in [0.4, 0.5) is 17.3 Å². The number of nitrogens with one attached hydrogen (secondary N) is 1. The van der Waals surface area contributed by atoms with Crippen LogP contribution in [0.15, 0.2) is 54.6 Å². The van der Waals surface area contributed by atoms with Crippen LogP contribution >= 0.6 is 0 Å². The van der Waals surface area contributed by atoms with Gasteiger partial charge in [-0.2, -0.15) is 9.97 Å². The van der Waals surface area contributed by atoms with E-state index in [1.165, 1.54) is 31.5 Å². The van der Waals surface area contributed by atoms with E-state index in [-0.39, 0.29) is 24.3 Å². The van der Waals surface area contributed by atoms with Gasteiger partial charge in [0.25, 0.3) is 0 Å². The van der Waals surface area contributed by atoms with Crippen molar-refractivity contribution in [3.8, 4) is 6.01 Å². The zero-order chi connectivity index (χ0) is 26.2. The predicted molar refractivity (Wildman–Crippen MR) is 148 cm³/mol. The molecule has 1 aromatic carbocycles. The van der Waals surface area contributed by atoms with Crippen molar-refractivity contribution in [3.63, 3.8) is 0 Å². The van der Waals surface area contributed by atoms with E-state index >= 15 is 0 Å². The Balaban J connectivity index is 1.43. The first-order chi connectivity index (χ1) is 18.0. The maximum Gasteiger partial charge on any atom is 0.320 e. The summed E-state index contributed by atoms with van der Waals surface area (Å²) in [5, 5.41) is 2.78. The number of anilines is 3. The number of nitrogens with two attached hydrogens (primary N) is 1. The highest BCUT2D eigenvalue weighted by Gasteiger charge is 2.27. The molecular weight excluding hydrogens is 468 g/mol. The fourth-order valence-electron chi connectivity index (χ4n) is 4.42. The largest absolute Gasteiger partial charge is 0.461 e. The van der Waals surface area contributed by atoms with Crippen LogP contribution in [0.2, 0.25) is 0 Å². The van der Waals surface area contributed by atoms with Gasteiger partial charge in [-0.25, -0.2) is 0 Å². The molecule has 2 aliphatic heterocycles. The molecule has 3 heterocycles. The number of benzene rings is 1. The third-order valence-electron chi connectivity index (χ3n) is 6.49. The molecule has 2 aliphatic rings. The van der Waals surface area contributed by atoms with Crippen molar-refractivity contribution < 1.29 is 14.3 Å². The lowest BCUT2D eigenvalue weighted by molar-refractivity contribution is -0.115. The number of carbonyl (C=O) groups excluding carboxylic acids is 1. The molecule has 1 aromatic heterocycles.